The Balaban J connectivity index is 0.00000137. The van der Waals surface area contributed by atoms with Crippen LogP contribution in [-0.4, -0.2) is 36.7 Å². The van der Waals surface area contributed by atoms with Gasteiger partial charge in [-0.1, -0.05) is 27.7 Å². The van der Waals surface area contributed by atoms with E-state index in [4.69, 9.17) is 4.74 Å². The van der Waals surface area contributed by atoms with Crippen LogP contribution in [0.1, 0.15) is 48.0 Å². The monoisotopic (exact) mass is 276 g/mol. The summed E-state index contributed by atoms with van der Waals surface area (Å²) < 4.78 is 5.43. The van der Waals surface area contributed by atoms with Crippen LogP contribution < -0.4 is 5.14 Å². The molecule has 1 saturated heterocycles. The first-order chi connectivity index (χ1) is 8.26. The number of hydrogen-bond acceptors (Lipinski definition) is 4. The molecule has 0 aromatic rings. The van der Waals surface area contributed by atoms with Crippen LogP contribution in [0.3, 0.4) is 0 Å². The number of hydrogen-bond donors (Lipinski definition) is 2. The van der Waals surface area contributed by atoms with E-state index >= 15 is 0 Å². The van der Waals surface area contributed by atoms with Gasteiger partial charge in [-0.2, -0.15) is 0 Å². The molecular weight excluding hydrogens is 244 g/mol. The molecule has 2 N–H and O–H groups in total. The summed E-state index contributed by atoms with van der Waals surface area (Å²) >= 11 is 3.03. The zero-order valence-corrected chi connectivity index (χ0v) is 13.9. The average Bonchev–Trinajstić information content (AvgIpc) is 2.31. The Morgan fingerprint density at radius 3 is 1.94 bits per heavy atom. The van der Waals surface area contributed by atoms with Gasteiger partial charge in [-0.3, -0.25) is 10.0 Å². The fourth-order valence-electron chi connectivity index (χ4n) is 2.60. The van der Waals surface area contributed by atoms with E-state index in [1.807, 2.05) is 0 Å². The van der Waals surface area contributed by atoms with Crippen LogP contribution in [0.4, 0.5) is 0 Å². The molecule has 1 heterocycles. The van der Waals surface area contributed by atoms with E-state index in [-0.39, 0.29) is 5.54 Å². The van der Waals surface area contributed by atoms with Gasteiger partial charge >= 0.3 is 0 Å². The molecule has 0 bridgehead atoms. The van der Waals surface area contributed by atoms with Crippen molar-refractivity contribution in [1.82, 2.24) is 4.90 Å². The van der Waals surface area contributed by atoms with Crippen molar-refractivity contribution in [2.24, 2.45) is 16.5 Å². The first-order valence-electron chi connectivity index (χ1n) is 6.84. The molecule has 1 rings (SSSR count). The first kappa shape index (κ1) is 18.2. The molecule has 0 amide bonds. The summed E-state index contributed by atoms with van der Waals surface area (Å²) in [4.78, 5) is 2.58. The molecule has 3 nitrogen and oxygen atoms in total. The molecule has 0 aromatic heterocycles. The fourth-order valence-corrected chi connectivity index (χ4v) is 2.60. The van der Waals surface area contributed by atoms with Crippen LogP contribution in [-0.2, 0) is 4.74 Å². The fraction of sp³-hybridized carbons (Fsp3) is 1.00. The molecule has 0 unspecified atom stereocenters. The van der Waals surface area contributed by atoms with Crippen LogP contribution in [0.5, 0.6) is 0 Å². The molecule has 0 atom stereocenters. The zero-order valence-electron chi connectivity index (χ0n) is 13.0. The number of thiol groups is 1. The van der Waals surface area contributed by atoms with Crippen molar-refractivity contribution in [3.8, 4) is 0 Å². The molecule has 1 aliphatic rings. The van der Waals surface area contributed by atoms with Crippen molar-refractivity contribution < 1.29 is 4.74 Å². The van der Waals surface area contributed by atoms with E-state index < -0.39 is 0 Å². The highest BCUT2D eigenvalue weighted by molar-refractivity contribution is 7.77. The van der Waals surface area contributed by atoms with Crippen molar-refractivity contribution >= 4 is 12.8 Å². The third kappa shape index (κ3) is 5.47. The number of nitrogens with two attached hydrogens (primary N) is 1. The minimum absolute atomic E-state index is 0.289. The van der Waals surface area contributed by atoms with E-state index in [1.165, 1.54) is 6.42 Å². The Hall–Kier alpha value is 0.230. The smallest absolute Gasteiger partial charge is 0.0594 e. The molecule has 110 valence electrons. The van der Waals surface area contributed by atoms with E-state index in [9.17, 15) is 0 Å². The maximum Gasteiger partial charge on any atom is 0.0594 e. The predicted molar refractivity (Wildman–Crippen MR) is 82.9 cm³/mol. The summed E-state index contributed by atoms with van der Waals surface area (Å²) in [6, 6.07) is 0. The quantitative estimate of drug-likeness (QED) is 0.775. The van der Waals surface area contributed by atoms with Gasteiger partial charge in [-0.15, -0.1) is 12.8 Å². The van der Waals surface area contributed by atoms with E-state index in [2.05, 4.69) is 64.4 Å². The second kappa shape index (κ2) is 7.73. The standard InChI is InChI=1S/C14H29NO.H3NS/c1-12(2)13(3,4)11-14(5,6)15-7-9-16-10-8-15;1-2/h12H,7-11H2,1-6H3;2H,1H2. The maximum absolute atomic E-state index is 5.43. The van der Waals surface area contributed by atoms with Crippen LogP contribution in [0.2, 0.25) is 0 Å². The maximum atomic E-state index is 5.43. The van der Waals surface area contributed by atoms with Crippen LogP contribution in [0.15, 0.2) is 0 Å². The lowest BCUT2D eigenvalue weighted by Gasteiger charge is -2.46. The van der Waals surface area contributed by atoms with Crippen molar-refractivity contribution in [3.63, 3.8) is 0 Å². The molecule has 1 fully saturated rings. The SMILES string of the molecule is CC(C)C(C)(C)CC(C)(C)N1CCOCC1.NS. The summed E-state index contributed by atoms with van der Waals surface area (Å²) in [5.41, 5.74) is 0.694. The molecule has 0 radical (unpaired) electrons. The highest BCUT2D eigenvalue weighted by Gasteiger charge is 2.35. The molecule has 0 aromatic carbocycles. The number of ether oxygens (including phenoxy) is 1. The van der Waals surface area contributed by atoms with Crippen molar-refractivity contribution in [1.29, 1.82) is 0 Å². The van der Waals surface area contributed by atoms with Gasteiger partial charge in [0, 0.05) is 18.6 Å². The van der Waals surface area contributed by atoms with E-state index in [0.29, 0.717) is 5.41 Å². The highest BCUT2D eigenvalue weighted by atomic mass is 32.1. The second-order valence-corrected chi connectivity index (χ2v) is 6.73. The van der Waals surface area contributed by atoms with Gasteiger partial charge in [0.1, 0.15) is 0 Å². The molecule has 1 aliphatic heterocycles. The summed E-state index contributed by atoms with van der Waals surface area (Å²) in [6.45, 7) is 18.1. The second-order valence-electron chi connectivity index (χ2n) is 6.73. The van der Waals surface area contributed by atoms with Gasteiger partial charge < -0.3 is 4.74 Å². The minimum Gasteiger partial charge on any atom is -0.379 e. The number of rotatable bonds is 4. The normalized spacial score (nSPS) is 18.5. The summed E-state index contributed by atoms with van der Waals surface area (Å²) in [6.07, 6.45) is 1.25. The van der Waals surface area contributed by atoms with Gasteiger partial charge in [-0.05, 0) is 31.6 Å². The summed E-state index contributed by atoms with van der Waals surface area (Å²) in [5.74, 6) is 0.729. The van der Waals surface area contributed by atoms with Gasteiger partial charge in [-0.25, -0.2) is 0 Å². The first-order valence-corrected chi connectivity index (χ1v) is 7.36. The minimum atomic E-state index is 0.289. The Kier molecular flexibility index (Phi) is 7.83. The molecule has 0 saturated carbocycles. The van der Waals surface area contributed by atoms with Gasteiger partial charge in [0.25, 0.3) is 0 Å². The summed E-state index contributed by atoms with van der Waals surface area (Å²) in [5, 5.41) is 4.19. The Bertz CT molecular complexity index is 224. The Morgan fingerprint density at radius 1 is 1.11 bits per heavy atom. The van der Waals surface area contributed by atoms with E-state index in [0.717, 1.165) is 32.2 Å². The molecular formula is C14H32N2OS. The predicted octanol–water partition coefficient (Wildman–Crippen LogP) is 2.96. The lowest BCUT2D eigenvalue weighted by molar-refractivity contribution is -0.0292. The largest absolute Gasteiger partial charge is 0.379 e. The number of morpholine rings is 1. The van der Waals surface area contributed by atoms with E-state index in [1.54, 1.807) is 0 Å². The topological polar surface area (TPSA) is 38.5 Å². The highest BCUT2D eigenvalue weighted by Crippen LogP contribution is 2.37. The van der Waals surface area contributed by atoms with Crippen LogP contribution >= 0.6 is 12.8 Å². The lowest BCUT2D eigenvalue weighted by atomic mass is 9.72. The van der Waals surface area contributed by atoms with Gasteiger partial charge in [0.15, 0.2) is 0 Å². The van der Waals surface area contributed by atoms with Crippen molar-refractivity contribution in [3.05, 3.63) is 0 Å². The Morgan fingerprint density at radius 2 is 1.56 bits per heavy atom. The van der Waals surface area contributed by atoms with Crippen molar-refractivity contribution in [2.75, 3.05) is 26.3 Å². The van der Waals surface area contributed by atoms with Gasteiger partial charge in [0.05, 0.1) is 13.2 Å². The molecule has 4 heteroatoms. The third-order valence-corrected chi connectivity index (χ3v) is 4.32. The Labute approximate surface area is 119 Å². The average molecular weight is 276 g/mol. The third-order valence-electron chi connectivity index (χ3n) is 4.32. The van der Waals surface area contributed by atoms with Gasteiger partial charge in [0.2, 0.25) is 0 Å². The lowest BCUT2D eigenvalue weighted by Crippen LogP contribution is -2.52. The van der Waals surface area contributed by atoms with Crippen LogP contribution in [0.25, 0.3) is 0 Å². The van der Waals surface area contributed by atoms with Crippen LogP contribution in [0, 0.1) is 11.3 Å². The number of nitrogens with zero attached hydrogens (tertiary/aromatic N) is 1. The van der Waals surface area contributed by atoms with Crippen molar-refractivity contribution in [2.45, 2.75) is 53.5 Å². The molecule has 0 spiro atoms. The zero-order chi connectivity index (χ0) is 14.4. The summed E-state index contributed by atoms with van der Waals surface area (Å²) in [7, 11) is 0. The molecule has 18 heavy (non-hydrogen) atoms. The molecule has 0 aliphatic carbocycles.